The quantitative estimate of drug-likeness (QED) is 0.365. The van der Waals surface area contributed by atoms with E-state index in [9.17, 15) is 0 Å². The Morgan fingerprint density at radius 1 is 0.629 bits per heavy atom. The van der Waals surface area contributed by atoms with E-state index in [4.69, 9.17) is 29.8 Å². The molecule has 3 saturated heterocycles. The van der Waals surface area contributed by atoms with Crippen molar-refractivity contribution in [2.75, 3.05) is 6.61 Å². The molecule has 3 heterocycles. The second kappa shape index (κ2) is 13.0. The van der Waals surface area contributed by atoms with Gasteiger partial charge in [-0.2, -0.15) is 0 Å². The molecule has 3 aliphatic heterocycles. The highest BCUT2D eigenvalue weighted by molar-refractivity contribution is 4.89. The molecule has 6 heteroatoms. The first-order chi connectivity index (χ1) is 17.1. The van der Waals surface area contributed by atoms with Crippen molar-refractivity contribution in [3.63, 3.8) is 0 Å². The summed E-state index contributed by atoms with van der Waals surface area (Å²) in [4.78, 5) is 0. The molecular weight excluding hydrogens is 444 g/mol. The first-order valence-corrected chi connectivity index (χ1v) is 14.4. The van der Waals surface area contributed by atoms with Crippen LogP contribution in [0.5, 0.6) is 0 Å². The molecule has 0 aromatic carbocycles. The number of ether oxygens (including phenoxy) is 6. The van der Waals surface area contributed by atoms with Crippen molar-refractivity contribution in [2.45, 2.75) is 144 Å². The van der Waals surface area contributed by atoms with Gasteiger partial charge in [0.2, 0.25) is 0 Å². The van der Waals surface area contributed by atoms with Crippen LogP contribution in [0.2, 0.25) is 0 Å². The van der Waals surface area contributed by atoms with Crippen molar-refractivity contribution in [1.82, 2.24) is 0 Å². The van der Waals surface area contributed by atoms with Gasteiger partial charge in [0.1, 0.15) is 0 Å². The third-order valence-electron chi connectivity index (χ3n) is 9.21. The van der Waals surface area contributed by atoms with Crippen molar-refractivity contribution in [3.05, 3.63) is 0 Å². The summed E-state index contributed by atoms with van der Waals surface area (Å²) in [5, 5.41) is 0. The van der Waals surface area contributed by atoms with Crippen LogP contribution >= 0.6 is 0 Å². The van der Waals surface area contributed by atoms with Gasteiger partial charge in [0.05, 0.1) is 30.5 Å². The second-order valence-electron chi connectivity index (χ2n) is 11.4. The van der Waals surface area contributed by atoms with Crippen LogP contribution in [0.25, 0.3) is 0 Å². The van der Waals surface area contributed by atoms with Crippen molar-refractivity contribution < 1.29 is 29.8 Å². The van der Waals surface area contributed by atoms with E-state index < -0.39 is 12.7 Å². The summed E-state index contributed by atoms with van der Waals surface area (Å²) in [5.74, 6) is 1.68. The maximum atomic E-state index is 9.07. The van der Waals surface area contributed by atoms with Crippen LogP contribution in [0.1, 0.15) is 96.3 Å². The predicted molar refractivity (Wildman–Crippen MR) is 138 cm³/mol. The van der Waals surface area contributed by atoms with Crippen molar-refractivity contribution in [3.8, 4) is 0 Å². The number of hydrogen-bond acceptors (Lipinski definition) is 6. The summed E-state index contributed by atoms with van der Waals surface area (Å²) in [7, 11) is 0. The molecule has 3 fully saturated rings. The Morgan fingerprint density at radius 2 is 1.20 bits per heavy atom. The highest BCUT2D eigenvalue weighted by Crippen LogP contribution is 2.41. The molecule has 35 heavy (non-hydrogen) atoms. The molecule has 0 radical (unpaired) electrons. The molecular formula is C29H54O6. The van der Waals surface area contributed by atoms with E-state index >= 15 is 0 Å². The Bertz CT molecular complexity index is 660. The SMILES string of the molecule is [3H]C1[C@H](O[C@H]2C(CC)OC(OCC)C(C)[C@H]2C)OC(CC)[C@H](O[C@@H]2OC(CC)[C@H](C)[C@H](C)C2C)[C@@H]1C. The Labute approximate surface area is 216 Å². The zero-order valence-corrected chi connectivity index (χ0v) is 23.9. The molecule has 3 aliphatic rings. The molecule has 0 aliphatic carbocycles. The van der Waals surface area contributed by atoms with E-state index in [1.54, 1.807) is 0 Å². The van der Waals surface area contributed by atoms with E-state index in [2.05, 4.69) is 62.3 Å². The van der Waals surface area contributed by atoms with Crippen LogP contribution < -0.4 is 0 Å². The molecule has 3 rings (SSSR count). The van der Waals surface area contributed by atoms with E-state index in [0.29, 0.717) is 18.4 Å². The predicted octanol–water partition coefficient (Wildman–Crippen LogP) is 6.40. The fourth-order valence-corrected chi connectivity index (χ4v) is 6.18. The summed E-state index contributed by atoms with van der Waals surface area (Å²) in [5.41, 5.74) is 0. The lowest BCUT2D eigenvalue weighted by Gasteiger charge is -2.49. The standard InChI is InChI=1S/C29H54O6/c1-11-22-18(7)17(6)20(9)29(32-22)35-26-16(5)15-25(31-23(26)12-2)34-27-19(8)21(10)28(30-14-4)33-24(27)13-3/h16-29H,11-15H2,1-10H3/t16-,17+,18-,19-,20?,21?,22?,23?,24?,25+,26-,27-,28?,29+/m1/s1/i15T/t15?,16-,17+,18-,19-,20?,21?,22?,23?,24?,25+,26-,27-,28?,29+. The molecule has 206 valence electrons. The molecule has 0 amide bonds. The van der Waals surface area contributed by atoms with Crippen LogP contribution in [0.15, 0.2) is 0 Å². The van der Waals surface area contributed by atoms with Gasteiger partial charge in [0.15, 0.2) is 18.9 Å². The Hall–Kier alpha value is -0.240. The normalized spacial score (nSPS) is 51.7. The summed E-state index contributed by atoms with van der Waals surface area (Å²) in [6.07, 6.45) is 0.557. The van der Waals surface area contributed by atoms with Gasteiger partial charge >= 0.3 is 0 Å². The van der Waals surface area contributed by atoms with Crippen LogP contribution in [-0.4, -0.2) is 56.0 Å². The molecule has 7 unspecified atom stereocenters. The summed E-state index contributed by atoms with van der Waals surface area (Å²) >= 11 is 0. The van der Waals surface area contributed by atoms with Gasteiger partial charge in [-0.15, -0.1) is 0 Å². The average Bonchev–Trinajstić information content (AvgIpc) is 2.87. The summed E-state index contributed by atoms with van der Waals surface area (Å²) < 4.78 is 47.4. The lowest BCUT2D eigenvalue weighted by atomic mass is 9.78. The molecule has 0 aromatic heterocycles. The molecule has 15 atom stereocenters. The van der Waals surface area contributed by atoms with Gasteiger partial charge < -0.3 is 28.4 Å². The smallest absolute Gasteiger partial charge is 0.161 e. The third kappa shape index (κ3) is 6.43. The summed E-state index contributed by atoms with van der Waals surface area (Å²) in [6, 6.07) is 0. The van der Waals surface area contributed by atoms with Crippen LogP contribution in [0.3, 0.4) is 0 Å². The van der Waals surface area contributed by atoms with Crippen LogP contribution in [-0.2, 0) is 28.4 Å². The van der Waals surface area contributed by atoms with Gasteiger partial charge in [-0.3, -0.25) is 0 Å². The van der Waals surface area contributed by atoms with E-state index in [-0.39, 0.29) is 66.8 Å². The van der Waals surface area contributed by atoms with Gasteiger partial charge in [0, 0.05) is 26.2 Å². The lowest BCUT2D eigenvalue weighted by Crippen LogP contribution is -2.55. The highest BCUT2D eigenvalue weighted by Gasteiger charge is 2.47. The fourth-order valence-electron chi connectivity index (χ4n) is 6.18. The lowest BCUT2D eigenvalue weighted by molar-refractivity contribution is -0.336. The van der Waals surface area contributed by atoms with Crippen molar-refractivity contribution in [2.24, 2.45) is 35.5 Å². The average molecular weight is 501 g/mol. The zero-order chi connectivity index (χ0) is 26.7. The molecule has 0 spiro atoms. The molecule has 0 aromatic rings. The Balaban J connectivity index is 1.71. The van der Waals surface area contributed by atoms with E-state index in [1.807, 2.05) is 6.92 Å². The minimum absolute atomic E-state index is 0.0484. The molecule has 6 nitrogen and oxygen atoms in total. The van der Waals surface area contributed by atoms with Gasteiger partial charge in [-0.1, -0.05) is 62.3 Å². The molecule has 0 saturated carbocycles. The maximum Gasteiger partial charge on any atom is 0.161 e. The highest BCUT2D eigenvalue weighted by atomic mass is 16.7. The van der Waals surface area contributed by atoms with Gasteiger partial charge in [0.25, 0.3) is 0 Å². The molecule has 0 bridgehead atoms. The largest absolute Gasteiger partial charge is 0.353 e. The van der Waals surface area contributed by atoms with E-state index in [1.165, 1.54) is 0 Å². The fraction of sp³-hybridized carbons (Fsp3) is 1.00. The van der Waals surface area contributed by atoms with Crippen molar-refractivity contribution in [1.29, 1.82) is 0 Å². The second-order valence-corrected chi connectivity index (χ2v) is 11.4. The first-order valence-electron chi connectivity index (χ1n) is 15.0. The molecule has 0 N–H and O–H groups in total. The Kier molecular flexibility index (Phi) is 10.3. The minimum atomic E-state index is -0.613. The van der Waals surface area contributed by atoms with Crippen molar-refractivity contribution >= 4 is 0 Å². The number of rotatable bonds is 9. The maximum absolute atomic E-state index is 9.07. The first kappa shape index (κ1) is 27.8. The monoisotopic (exact) mass is 500 g/mol. The zero-order valence-electron chi connectivity index (χ0n) is 24.9. The number of hydrogen-bond donors (Lipinski definition) is 0. The topological polar surface area (TPSA) is 55.4 Å². The third-order valence-corrected chi connectivity index (χ3v) is 9.21. The van der Waals surface area contributed by atoms with Gasteiger partial charge in [-0.25, -0.2) is 0 Å². The van der Waals surface area contributed by atoms with Gasteiger partial charge in [-0.05, 0) is 49.9 Å². The Morgan fingerprint density at radius 3 is 1.80 bits per heavy atom. The van der Waals surface area contributed by atoms with E-state index in [0.717, 1.165) is 19.3 Å². The van der Waals surface area contributed by atoms with Crippen LogP contribution in [0, 0.1) is 35.5 Å². The van der Waals surface area contributed by atoms with Crippen LogP contribution in [0.4, 0.5) is 0 Å². The minimum Gasteiger partial charge on any atom is -0.353 e. The summed E-state index contributed by atoms with van der Waals surface area (Å²) in [6.45, 7) is 22.3.